The van der Waals surface area contributed by atoms with Crippen LogP contribution >= 0.6 is 0 Å². The number of hydrogen-bond acceptors (Lipinski definition) is 3. The first kappa shape index (κ1) is 17.0. The molecule has 1 aromatic carbocycles. The molecule has 2 rings (SSSR count). The van der Waals surface area contributed by atoms with Crippen molar-refractivity contribution in [2.45, 2.75) is 26.7 Å². The van der Waals surface area contributed by atoms with Gasteiger partial charge in [-0.15, -0.1) is 0 Å². The lowest BCUT2D eigenvalue weighted by atomic mass is 10.1. The number of nitrogens with zero attached hydrogens (tertiary/aromatic N) is 2. The molecule has 1 N–H and O–H groups in total. The van der Waals surface area contributed by atoms with Crippen LogP contribution in [0.1, 0.15) is 37.0 Å². The van der Waals surface area contributed by atoms with Gasteiger partial charge in [0.15, 0.2) is 0 Å². The van der Waals surface area contributed by atoms with Crippen molar-refractivity contribution in [2.24, 2.45) is 0 Å². The van der Waals surface area contributed by atoms with Crippen LogP contribution in [0.2, 0.25) is 0 Å². The van der Waals surface area contributed by atoms with Crippen molar-refractivity contribution in [1.29, 1.82) is 0 Å². The smallest absolute Gasteiger partial charge is 0.254 e. The summed E-state index contributed by atoms with van der Waals surface area (Å²) >= 11 is 0. The Balaban J connectivity index is 1.97. The molecule has 0 saturated carbocycles. The first-order chi connectivity index (χ1) is 11.0. The second kappa shape index (κ2) is 7.76. The highest BCUT2D eigenvalue weighted by Gasteiger charge is 2.24. The fraction of sp³-hybridized carbons (Fsp3) is 0.471. The molecule has 124 valence electrons. The van der Waals surface area contributed by atoms with Crippen LogP contribution in [0.3, 0.4) is 0 Å². The highest BCUT2D eigenvalue weighted by Crippen LogP contribution is 2.14. The van der Waals surface area contributed by atoms with Crippen LogP contribution in [-0.4, -0.2) is 53.7 Å². The quantitative estimate of drug-likeness (QED) is 0.919. The van der Waals surface area contributed by atoms with E-state index in [1.54, 1.807) is 29.2 Å². The number of piperazine rings is 1. The molecule has 0 radical (unpaired) electrons. The number of carbonyl (C=O) groups is 3. The second-order valence-electron chi connectivity index (χ2n) is 5.68. The average Bonchev–Trinajstić information content (AvgIpc) is 2.54. The molecule has 6 heteroatoms. The van der Waals surface area contributed by atoms with Gasteiger partial charge in [-0.2, -0.15) is 0 Å². The Bertz CT molecular complexity index is 593. The summed E-state index contributed by atoms with van der Waals surface area (Å²) in [5.41, 5.74) is 1.16. The summed E-state index contributed by atoms with van der Waals surface area (Å²) in [7, 11) is 0. The van der Waals surface area contributed by atoms with Crippen LogP contribution in [0.5, 0.6) is 0 Å². The maximum atomic E-state index is 12.5. The van der Waals surface area contributed by atoms with Gasteiger partial charge >= 0.3 is 0 Å². The van der Waals surface area contributed by atoms with Gasteiger partial charge in [0.2, 0.25) is 11.8 Å². The van der Waals surface area contributed by atoms with E-state index in [1.165, 1.54) is 6.92 Å². The Kier molecular flexibility index (Phi) is 5.73. The van der Waals surface area contributed by atoms with E-state index in [2.05, 4.69) is 5.32 Å². The van der Waals surface area contributed by atoms with Crippen LogP contribution in [0.15, 0.2) is 24.3 Å². The zero-order chi connectivity index (χ0) is 16.8. The van der Waals surface area contributed by atoms with Crippen LogP contribution < -0.4 is 5.32 Å². The Morgan fingerprint density at radius 2 is 1.74 bits per heavy atom. The van der Waals surface area contributed by atoms with Gasteiger partial charge in [-0.25, -0.2) is 0 Å². The number of hydrogen-bond donors (Lipinski definition) is 1. The highest BCUT2D eigenvalue weighted by molar-refractivity contribution is 5.97. The summed E-state index contributed by atoms with van der Waals surface area (Å²) in [5.74, 6) is -0.0790. The van der Waals surface area contributed by atoms with Crippen LogP contribution in [0, 0.1) is 0 Å². The molecule has 0 aliphatic carbocycles. The van der Waals surface area contributed by atoms with E-state index >= 15 is 0 Å². The molecule has 1 aromatic rings. The summed E-state index contributed by atoms with van der Waals surface area (Å²) < 4.78 is 0. The molecule has 23 heavy (non-hydrogen) atoms. The predicted octanol–water partition coefficient (Wildman–Crippen LogP) is 1.73. The van der Waals surface area contributed by atoms with Gasteiger partial charge in [0.1, 0.15) is 0 Å². The van der Waals surface area contributed by atoms with Crippen molar-refractivity contribution in [3.8, 4) is 0 Å². The summed E-state index contributed by atoms with van der Waals surface area (Å²) in [6.45, 7) is 5.66. The molecule has 1 fully saturated rings. The molecule has 0 aromatic heterocycles. The third kappa shape index (κ3) is 4.55. The van der Waals surface area contributed by atoms with Crippen LogP contribution in [0.25, 0.3) is 0 Å². The van der Waals surface area contributed by atoms with Crippen molar-refractivity contribution in [3.05, 3.63) is 29.8 Å². The molecular weight excluding hydrogens is 294 g/mol. The van der Waals surface area contributed by atoms with E-state index in [9.17, 15) is 14.4 Å². The van der Waals surface area contributed by atoms with Crippen molar-refractivity contribution < 1.29 is 14.4 Å². The third-order valence-corrected chi connectivity index (χ3v) is 3.81. The third-order valence-electron chi connectivity index (χ3n) is 3.81. The van der Waals surface area contributed by atoms with Crippen molar-refractivity contribution >= 4 is 23.4 Å². The number of carbonyl (C=O) groups excluding carboxylic acids is 3. The van der Waals surface area contributed by atoms with E-state index in [-0.39, 0.29) is 17.7 Å². The highest BCUT2D eigenvalue weighted by atomic mass is 16.2. The van der Waals surface area contributed by atoms with E-state index < -0.39 is 0 Å². The molecule has 1 saturated heterocycles. The van der Waals surface area contributed by atoms with Crippen molar-refractivity contribution in [1.82, 2.24) is 9.80 Å². The first-order valence-corrected chi connectivity index (χ1v) is 7.96. The largest absolute Gasteiger partial charge is 0.339 e. The number of nitrogens with one attached hydrogen (secondary N) is 1. The van der Waals surface area contributed by atoms with E-state index in [0.29, 0.717) is 43.9 Å². The fourth-order valence-corrected chi connectivity index (χ4v) is 2.65. The average molecular weight is 317 g/mol. The Hall–Kier alpha value is -2.37. The molecular formula is C17H23N3O3. The minimum atomic E-state index is -0.169. The van der Waals surface area contributed by atoms with E-state index in [0.717, 1.165) is 6.42 Å². The Morgan fingerprint density at radius 1 is 1.09 bits per heavy atom. The summed E-state index contributed by atoms with van der Waals surface area (Å²) in [4.78, 5) is 39.1. The predicted molar refractivity (Wildman–Crippen MR) is 88.1 cm³/mol. The minimum Gasteiger partial charge on any atom is -0.339 e. The number of anilines is 1. The normalized spacial score (nSPS) is 14.5. The van der Waals surface area contributed by atoms with Gasteiger partial charge in [-0.1, -0.05) is 13.0 Å². The Morgan fingerprint density at radius 3 is 2.35 bits per heavy atom. The summed E-state index contributed by atoms with van der Waals surface area (Å²) in [6, 6.07) is 6.92. The molecule has 6 nitrogen and oxygen atoms in total. The van der Waals surface area contributed by atoms with Gasteiger partial charge < -0.3 is 15.1 Å². The van der Waals surface area contributed by atoms with Crippen molar-refractivity contribution in [3.63, 3.8) is 0 Å². The van der Waals surface area contributed by atoms with Crippen LogP contribution in [0.4, 0.5) is 5.69 Å². The molecule has 1 heterocycles. The van der Waals surface area contributed by atoms with Gasteiger partial charge in [0.25, 0.3) is 5.91 Å². The fourth-order valence-electron chi connectivity index (χ4n) is 2.65. The monoisotopic (exact) mass is 317 g/mol. The maximum absolute atomic E-state index is 12.5. The van der Waals surface area contributed by atoms with Gasteiger partial charge in [0, 0.05) is 50.8 Å². The lowest BCUT2D eigenvalue weighted by Crippen LogP contribution is -2.50. The van der Waals surface area contributed by atoms with Gasteiger partial charge in [-0.3, -0.25) is 14.4 Å². The van der Waals surface area contributed by atoms with Gasteiger partial charge in [0.05, 0.1) is 0 Å². The maximum Gasteiger partial charge on any atom is 0.254 e. The molecule has 0 atom stereocenters. The zero-order valence-corrected chi connectivity index (χ0v) is 13.7. The van der Waals surface area contributed by atoms with Gasteiger partial charge in [-0.05, 0) is 24.6 Å². The second-order valence-corrected chi connectivity index (χ2v) is 5.68. The van der Waals surface area contributed by atoms with Crippen LogP contribution in [-0.2, 0) is 9.59 Å². The lowest BCUT2D eigenvalue weighted by molar-refractivity contribution is -0.132. The topological polar surface area (TPSA) is 69.7 Å². The molecule has 0 bridgehead atoms. The molecule has 0 unspecified atom stereocenters. The number of benzene rings is 1. The molecule has 0 spiro atoms. The summed E-state index contributed by atoms with van der Waals surface area (Å²) in [5, 5.41) is 2.68. The minimum absolute atomic E-state index is 0.0696. The SMILES string of the molecule is CCCC(=O)N1CCN(C(=O)c2cccc(NC(C)=O)c2)CC1. The summed E-state index contributed by atoms with van der Waals surface area (Å²) in [6.07, 6.45) is 1.40. The van der Waals surface area contributed by atoms with E-state index in [1.807, 2.05) is 11.8 Å². The zero-order valence-electron chi connectivity index (χ0n) is 13.7. The number of rotatable bonds is 4. The Labute approximate surface area is 136 Å². The lowest BCUT2D eigenvalue weighted by Gasteiger charge is -2.35. The van der Waals surface area contributed by atoms with Crippen molar-refractivity contribution in [2.75, 3.05) is 31.5 Å². The van der Waals surface area contributed by atoms with E-state index in [4.69, 9.17) is 0 Å². The molecule has 1 aliphatic heterocycles. The molecule has 3 amide bonds. The number of amides is 3. The first-order valence-electron chi connectivity index (χ1n) is 7.96. The standard InChI is InChI=1S/C17H23N3O3/c1-3-5-16(22)19-8-10-20(11-9-19)17(23)14-6-4-7-15(12-14)18-13(2)21/h4,6-7,12H,3,5,8-11H2,1-2H3,(H,18,21). The molecule has 1 aliphatic rings.